The first-order valence-corrected chi connectivity index (χ1v) is 7.36. The summed E-state index contributed by atoms with van der Waals surface area (Å²) in [4.78, 5) is 20.2. The lowest BCUT2D eigenvalue weighted by atomic mass is 10.2. The van der Waals surface area contributed by atoms with Crippen LogP contribution in [-0.2, 0) is 11.3 Å². The summed E-state index contributed by atoms with van der Waals surface area (Å²) in [6, 6.07) is 6.12. The van der Waals surface area contributed by atoms with E-state index in [0.29, 0.717) is 0 Å². The van der Waals surface area contributed by atoms with E-state index in [2.05, 4.69) is 28.2 Å². The Bertz CT molecular complexity index is 441. The van der Waals surface area contributed by atoms with E-state index >= 15 is 0 Å². The molecule has 1 saturated heterocycles. The molecule has 2 rings (SSSR count). The third kappa shape index (κ3) is 4.20. The van der Waals surface area contributed by atoms with Crippen molar-refractivity contribution in [2.75, 3.05) is 38.0 Å². The van der Waals surface area contributed by atoms with Crippen molar-refractivity contribution < 1.29 is 4.79 Å². The minimum absolute atomic E-state index is 0.175. The fraction of sp³-hybridized carbons (Fsp3) is 0.600. The van der Waals surface area contributed by atoms with Gasteiger partial charge in [0.05, 0.1) is 5.69 Å². The van der Waals surface area contributed by atoms with E-state index < -0.39 is 0 Å². The molecule has 1 fully saturated rings. The van der Waals surface area contributed by atoms with Gasteiger partial charge >= 0.3 is 0 Å². The number of carbonyl (C=O) groups excluding carboxylic acids is 1. The highest BCUT2D eigenvalue weighted by atomic mass is 16.2. The van der Waals surface area contributed by atoms with E-state index in [1.165, 1.54) is 0 Å². The van der Waals surface area contributed by atoms with Crippen molar-refractivity contribution in [3.8, 4) is 0 Å². The van der Waals surface area contributed by atoms with Crippen LogP contribution in [0.4, 0.5) is 5.82 Å². The number of nitrogens with one attached hydrogen (secondary N) is 1. The van der Waals surface area contributed by atoms with E-state index in [4.69, 9.17) is 0 Å². The van der Waals surface area contributed by atoms with Crippen LogP contribution in [0.15, 0.2) is 18.2 Å². The van der Waals surface area contributed by atoms with E-state index in [-0.39, 0.29) is 5.91 Å². The van der Waals surface area contributed by atoms with Crippen LogP contribution in [0.3, 0.4) is 0 Å². The van der Waals surface area contributed by atoms with Crippen LogP contribution < -0.4 is 5.32 Å². The van der Waals surface area contributed by atoms with Gasteiger partial charge in [0.15, 0.2) is 0 Å². The Morgan fingerprint density at radius 2 is 2.05 bits per heavy atom. The quantitative estimate of drug-likeness (QED) is 0.887. The molecule has 1 N–H and O–H groups in total. The van der Waals surface area contributed by atoms with E-state index in [9.17, 15) is 4.79 Å². The van der Waals surface area contributed by atoms with Crippen molar-refractivity contribution in [2.24, 2.45) is 0 Å². The van der Waals surface area contributed by atoms with Gasteiger partial charge in [-0.25, -0.2) is 4.98 Å². The van der Waals surface area contributed by atoms with Crippen molar-refractivity contribution in [3.63, 3.8) is 0 Å². The average Bonchev–Trinajstić information content (AvgIpc) is 2.46. The third-order valence-electron chi connectivity index (χ3n) is 3.57. The monoisotopic (exact) mass is 276 g/mol. The molecule has 1 aliphatic rings. The van der Waals surface area contributed by atoms with Crippen molar-refractivity contribution in [1.29, 1.82) is 0 Å². The molecule has 0 bridgehead atoms. The number of piperazine rings is 1. The Labute approximate surface area is 121 Å². The van der Waals surface area contributed by atoms with Crippen molar-refractivity contribution in [2.45, 2.75) is 26.8 Å². The Morgan fingerprint density at radius 3 is 2.70 bits per heavy atom. The zero-order valence-corrected chi connectivity index (χ0v) is 12.4. The summed E-state index contributed by atoms with van der Waals surface area (Å²) < 4.78 is 0. The molecule has 0 atom stereocenters. The molecule has 1 aromatic rings. The number of anilines is 1. The molecule has 0 aromatic carbocycles. The topological polar surface area (TPSA) is 48.5 Å². The molecule has 1 aliphatic heterocycles. The van der Waals surface area contributed by atoms with Crippen molar-refractivity contribution in [3.05, 3.63) is 23.9 Å². The maximum atomic E-state index is 11.3. The molecule has 110 valence electrons. The number of hydrogen-bond acceptors (Lipinski definition) is 4. The first-order valence-electron chi connectivity index (χ1n) is 7.36. The van der Waals surface area contributed by atoms with Gasteiger partial charge in [-0.15, -0.1) is 0 Å². The van der Waals surface area contributed by atoms with Gasteiger partial charge in [0.25, 0.3) is 0 Å². The van der Waals surface area contributed by atoms with E-state index in [1.54, 1.807) is 6.92 Å². The Balaban J connectivity index is 1.86. The lowest BCUT2D eigenvalue weighted by Crippen LogP contribution is -2.47. The third-order valence-corrected chi connectivity index (χ3v) is 3.57. The van der Waals surface area contributed by atoms with Crippen LogP contribution in [0, 0.1) is 0 Å². The first kappa shape index (κ1) is 14.8. The molecule has 0 radical (unpaired) electrons. The largest absolute Gasteiger partial charge is 0.370 e. The fourth-order valence-corrected chi connectivity index (χ4v) is 2.37. The molecule has 0 spiro atoms. The van der Waals surface area contributed by atoms with Gasteiger partial charge in [-0.3, -0.25) is 9.69 Å². The number of rotatable bonds is 5. The van der Waals surface area contributed by atoms with Crippen LogP contribution in [0.5, 0.6) is 0 Å². The molecule has 5 heteroatoms. The predicted octanol–water partition coefficient (Wildman–Crippen LogP) is 1.57. The van der Waals surface area contributed by atoms with Crippen LogP contribution in [0.2, 0.25) is 0 Å². The summed E-state index contributed by atoms with van der Waals surface area (Å²) >= 11 is 0. The van der Waals surface area contributed by atoms with Crippen LogP contribution in [-0.4, -0.2) is 53.4 Å². The van der Waals surface area contributed by atoms with Crippen molar-refractivity contribution >= 4 is 11.7 Å². The number of pyridine rings is 1. The molecule has 1 amide bonds. The molecular weight excluding hydrogens is 252 g/mol. The minimum atomic E-state index is 0.175. The van der Waals surface area contributed by atoms with Crippen molar-refractivity contribution in [1.82, 2.24) is 14.8 Å². The molecule has 2 heterocycles. The molecule has 1 aromatic heterocycles. The van der Waals surface area contributed by atoms with Gasteiger partial charge in [0.1, 0.15) is 5.82 Å². The van der Waals surface area contributed by atoms with Crippen LogP contribution in [0.25, 0.3) is 0 Å². The number of hydrogen-bond donors (Lipinski definition) is 1. The Hall–Kier alpha value is -1.62. The average molecular weight is 276 g/mol. The fourth-order valence-electron chi connectivity index (χ4n) is 2.37. The first-order chi connectivity index (χ1) is 9.69. The maximum absolute atomic E-state index is 11.3. The molecule has 5 nitrogen and oxygen atoms in total. The smallest absolute Gasteiger partial charge is 0.219 e. The highest BCUT2D eigenvalue weighted by molar-refractivity contribution is 5.73. The number of amides is 1. The van der Waals surface area contributed by atoms with Gasteiger partial charge in [0.2, 0.25) is 5.91 Å². The molecule has 0 unspecified atom stereocenters. The van der Waals surface area contributed by atoms with E-state index in [0.717, 1.165) is 57.2 Å². The zero-order valence-electron chi connectivity index (χ0n) is 12.4. The highest BCUT2D eigenvalue weighted by Gasteiger charge is 2.18. The lowest BCUT2D eigenvalue weighted by Gasteiger charge is -2.33. The highest BCUT2D eigenvalue weighted by Crippen LogP contribution is 2.10. The molecular formula is C15H24N4O. The van der Waals surface area contributed by atoms with Gasteiger partial charge in [-0.1, -0.05) is 13.0 Å². The van der Waals surface area contributed by atoms with Gasteiger partial charge in [-0.2, -0.15) is 0 Å². The summed E-state index contributed by atoms with van der Waals surface area (Å²) in [6.07, 6.45) is 1.10. The summed E-state index contributed by atoms with van der Waals surface area (Å²) in [5, 5.41) is 3.31. The predicted molar refractivity (Wildman–Crippen MR) is 80.5 cm³/mol. The summed E-state index contributed by atoms with van der Waals surface area (Å²) in [6.45, 7) is 9.08. The summed E-state index contributed by atoms with van der Waals surface area (Å²) in [5.41, 5.74) is 1.09. The minimum Gasteiger partial charge on any atom is -0.370 e. The van der Waals surface area contributed by atoms with E-state index in [1.807, 2.05) is 17.0 Å². The second-order valence-corrected chi connectivity index (χ2v) is 5.22. The SMILES string of the molecule is CCCNc1cccc(CN2CCN(C(C)=O)CC2)n1. The Morgan fingerprint density at radius 1 is 1.30 bits per heavy atom. The van der Waals surface area contributed by atoms with Gasteiger partial charge in [0, 0.05) is 46.2 Å². The number of carbonyl (C=O) groups is 1. The normalized spacial score (nSPS) is 16.2. The molecule has 0 saturated carbocycles. The molecule has 0 aliphatic carbocycles. The van der Waals surface area contributed by atoms with Crippen LogP contribution in [0.1, 0.15) is 26.0 Å². The van der Waals surface area contributed by atoms with Crippen LogP contribution >= 0.6 is 0 Å². The van der Waals surface area contributed by atoms with Gasteiger partial charge in [-0.05, 0) is 18.6 Å². The second kappa shape index (κ2) is 7.24. The standard InChI is InChI=1S/C15H24N4O/c1-3-7-16-15-6-4-5-14(17-15)12-18-8-10-19(11-9-18)13(2)20/h4-6H,3,7-12H2,1-2H3,(H,16,17). The second-order valence-electron chi connectivity index (χ2n) is 5.22. The summed E-state index contributed by atoms with van der Waals surface area (Å²) in [7, 11) is 0. The summed E-state index contributed by atoms with van der Waals surface area (Å²) in [5.74, 6) is 1.13. The molecule has 20 heavy (non-hydrogen) atoms. The Kier molecular flexibility index (Phi) is 5.35. The number of aromatic nitrogens is 1. The number of nitrogens with zero attached hydrogens (tertiary/aromatic N) is 3. The lowest BCUT2D eigenvalue weighted by molar-refractivity contribution is -0.130. The maximum Gasteiger partial charge on any atom is 0.219 e. The zero-order chi connectivity index (χ0) is 14.4. The van der Waals surface area contributed by atoms with Gasteiger partial charge < -0.3 is 10.2 Å².